The monoisotopic (exact) mass is 186 g/mol. The minimum Gasteiger partial charge on any atom is -0.326 e. The topological polar surface area (TPSA) is 30.9 Å². The molecule has 2 rings (SSSR count). The van der Waals surface area contributed by atoms with Crippen LogP contribution in [0.25, 0.3) is 5.69 Å². The van der Waals surface area contributed by atoms with Gasteiger partial charge in [-0.1, -0.05) is 18.2 Å². The Kier molecular flexibility index (Phi) is 2.37. The van der Waals surface area contributed by atoms with E-state index in [1.54, 1.807) is 0 Å². The van der Waals surface area contributed by atoms with Crippen molar-refractivity contribution in [2.45, 2.75) is 13.5 Å². The van der Waals surface area contributed by atoms with E-state index in [1.807, 2.05) is 18.2 Å². The van der Waals surface area contributed by atoms with Gasteiger partial charge in [-0.25, -0.2) is 0 Å². The third-order valence-corrected chi connectivity index (χ3v) is 2.34. The van der Waals surface area contributed by atoms with Crippen molar-refractivity contribution in [1.82, 2.24) is 4.57 Å². The smallest absolute Gasteiger partial charge is 0.0452 e. The zero-order chi connectivity index (χ0) is 9.97. The maximum Gasteiger partial charge on any atom is 0.0452 e. The molecule has 0 aliphatic carbocycles. The van der Waals surface area contributed by atoms with E-state index in [2.05, 4.69) is 35.9 Å². The largest absolute Gasteiger partial charge is 0.326 e. The molecule has 2 aromatic rings. The molecule has 1 aromatic heterocycles. The molecule has 0 bridgehead atoms. The number of nitrogens with two attached hydrogens (primary N) is 1. The van der Waals surface area contributed by atoms with E-state index in [4.69, 9.17) is 5.73 Å². The predicted octanol–water partition coefficient (Wildman–Crippen LogP) is 2.24. The highest BCUT2D eigenvalue weighted by molar-refractivity contribution is 5.36. The lowest BCUT2D eigenvalue weighted by Crippen LogP contribution is -1.95. The minimum atomic E-state index is 0.598. The highest BCUT2D eigenvalue weighted by atomic mass is 15.0. The fourth-order valence-electron chi connectivity index (χ4n) is 1.62. The first-order chi connectivity index (χ1) is 6.81. The summed E-state index contributed by atoms with van der Waals surface area (Å²) >= 11 is 0. The zero-order valence-electron chi connectivity index (χ0n) is 8.27. The molecule has 1 heterocycles. The summed E-state index contributed by atoms with van der Waals surface area (Å²) in [4.78, 5) is 0. The van der Waals surface area contributed by atoms with Gasteiger partial charge in [0.2, 0.25) is 0 Å². The predicted molar refractivity (Wildman–Crippen MR) is 58.4 cm³/mol. The molecule has 14 heavy (non-hydrogen) atoms. The van der Waals surface area contributed by atoms with Gasteiger partial charge in [0, 0.05) is 24.1 Å². The van der Waals surface area contributed by atoms with Gasteiger partial charge in [0.1, 0.15) is 0 Å². The van der Waals surface area contributed by atoms with Crippen LogP contribution in [0.4, 0.5) is 0 Å². The molecule has 0 aliphatic rings. The fourth-order valence-corrected chi connectivity index (χ4v) is 1.62. The summed E-state index contributed by atoms with van der Waals surface area (Å²) in [5, 5.41) is 0. The summed E-state index contributed by atoms with van der Waals surface area (Å²) < 4.78 is 2.15. The third-order valence-electron chi connectivity index (χ3n) is 2.34. The zero-order valence-corrected chi connectivity index (χ0v) is 8.27. The number of aryl methyl sites for hydroxylation is 1. The van der Waals surface area contributed by atoms with E-state index in [9.17, 15) is 0 Å². The van der Waals surface area contributed by atoms with Gasteiger partial charge in [-0.15, -0.1) is 0 Å². The molecule has 2 N–H and O–H groups in total. The van der Waals surface area contributed by atoms with E-state index >= 15 is 0 Å². The van der Waals surface area contributed by atoms with Crippen molar-refractivity contribution >= 4 is 0 Å². The Labute approximate surface area is 84.0 Å². The van der Waals surface area contributed by atoms with Crippen LogP contribution in [0.1, 0.15) is 11.3 Å². The highest BCUT2D eigenvalue weighted by Gasteiger charge is 2.01. The molecule has 0 radical (unpaired) electrons. The van der Waals surface area contributed by atoms with E-state index in [-0.39, 0.29) is 0 Å². The molecule has 2 nitrogen and oxygen atoms in total. The lowest BCUT2D eigenvalue weighted by molar-refractivity contribution is 1.00. The first kappa shape index (κ1) is 9.03. The van der Waals surface area contributed by atoms with Gasteiger partial charge < -0.3 is 10.3 Å². The summed E-state index contributed by atoms with van der Waals surface area (Å²) in [7, 11) is 0. The SMILES string of the molecule is Cc1cc(CN)cn1-c1ccccc1. The van der Waals surface area contributed by atoms with Crippen molar-refractivity contribution in [3.8, 4) is 5.69 Å². The van der Waals surface area contributed by atoms with Crippen molar-refractivity contribution in [3.05, 3.63) is 53.9 Å². The first-order valence-electron chi connectivity index (χ1n) is 4.74. The Morgan fingerprint density at radius 2 is 1.93 bits per heavy atom. The second kappa shape index (κ2) is 3.68. The van der Waals surface area contributed by atoms with Crippen LogP contribution in [0.2, 0.25) is 0 Å². The van der Waals surface area contributed by atoms with Gasteiger partial charge in [-0.2, -0.15) is 0 Å². The van der Waals surface area contributed by atoms with Crippen molar-refractivity contribution in [2.75, 3.05) is 0 Å². The number of para-hydroxylation sites is 1. The van der Waals surface area contributed by atoms with Gasteiger partial charge in [0.15, 0.2) is 0 Å². The number of hydrogen-bond acceptors (Lipinski definition) is 1. The van der Waals surface area contributed by atoms with Crippen LogP contribution >= 0.6 is 0 Å². The van der Waals surface area contributed by atoms with E-state index in [0.29, 0.717) is 6.54 Å². The van der Waals surface area contributed by atoms with Gasteiger partial charge in [0.05, 0.1) is 0 Å². The van der Waals surface area contributed by atoms with Crippen LogP contribution in [0.3, 0.4) is 0 Å². The van der Waals surface area contributed by atoms with E-state index < -0.39 is 0 Å². The summed E-state index contributed by atoms with van der Waals surface area (Å²) in [6.07, 6.45) is 2.09. The van der Waals surface area contributed by atoms with Crippen LogP contribution in [0.5, 0.6) is 0 Å². The summed E-state index contributed by atoms with van der Waals surface area (Å²) in [5.74, 6) is 0. The van der Waals surface area contributed by atoms with E-state index in [0.717, 1.165) is 0 Å². The second-order valence-corrected chi connectivity index (χ2v) is 3.40. The van der Waals surface area contributed by atoms with Gasteiger partial charge >= 0.3 is 0 Å². The standard InChI is InChI=1S/C12H14N2/c1-10-7-11(8-13)9-14(10)12-5-3-2-4-6-12/h2-7,9H,8,13H2,1H3. The summed E-state index contributed by atoms with van der Waals surface area (Å²) in [6.45, 7) is 2.69. The number of nitrogens with zero attached hydrogens (tertiary/aromatic N) is 1. The Bertz CT molecular complexity index is 415. The average Bonchev–Trinajstić information content (AvgIpc) is 2.61. The number of rotatable bonds is 2. The molecule has 1 aromatic carbocycles. The summed E-state index contributed by atoms with van der Waals surface area (Å²) in [5.41, 5.74) is 9.17. The van der Waals surface area contributed by atoms with Crippen LogP contribution in [-0.2, 0) is 6.54 Å². The molecule has 72 valence electrons. The first-order valence-corrected chi connectivity index (χ1v) is 4.74. The average molecular weight is 186 g/mol. The van der Waals surface area contributed by atoms with Crippen molar-refractivity contribution in [3.63, 3.8) is 0 Å². The van der Waals surface area contributed by atoms with Crippen molar-refractivity contribution in [2.24, 2.45) is 5.73 Å². The Morgan fingerprint density at radius 1 is 1.21 bits per heavy atom. The molecule has 0 fully saturated rings. The van der Waals surface area contributed by atoms with Crippen LogP contribution in [0.15, 0.2) is 42.6 Å². The summed E-state index contributed by atoms with van der Waals surface area (Å²) in [6, 6.07) is 12.4. The van der Waals surface area contributed by atoms with Crippen LogP contribution < -0.4 is 5.73 Å². The molecule has 0 amide bonds. The Hall–Kier alpha value is -1.54. The molecular formula is C12H14N2. The van der Waals surface area contributed by atoms with Crippen molar-refractivity contribution in [1.29, 1.82) is 0 Å². The molecule has 2 heteroatoms. The lowest BCUT2D eigenvalue weighted by Gasteiger charge is -2.04. The molecule has 0 unspecified atom stereocenters. The molecular weight excluding hydrogens is 172 g/mol. The maximum absolute atomic E-state index is 5.60. The molecule has 0 saturated heterocycles. The molecule has 0 saturated carbocycles. The van der Waals surface area contributed by atoms with Gasteiger partial charge in [0.25, 0.3) is 0 Å². The number of aromatic nitrogens is 1. The normalized spacial score (nSPS) is 10.4. The number of hydrogen-bond donors (Lipinski definition) is 1. The highest BCUT2D eigenvalue weighted by Crippen LogP contribution is 2.14. The van der Waals surface area contributed by atoms with Crippen LogP contribution in [0, 0.1) is 6.92 Å². The van der Waals surface area contributed by atoms with Crippen molar-refractivity contribution < 1.29 is 0 Å². The van der Waals surface area contributed by atoms with Crippen LogP contribution in [-0.4, -0.2) is 4.57 Å². The van der Waals surface area contributed by atoms with Gasteiger partial charge in [-0.3, -0.25) is 0 Å². The van der Waals surface area contributed by atoms with Gasteiger partial charge in [-0.05, 0) is 30.7 Å². The maximum atomic E-state index is 5.60. The third kappa shape index (κ3) is 1.56. The molecule has 0 atom stereocenters. The molecule has 0 aliphatic heterocycles. The Balaban J connectivity index is 2.46. The quantitative estimate of drug-likeness (QED) is 0.766. The minimum absolute atomic E-state index is 0.598. The fraction of sp³-hybridized carbons (Fsp3) is 0.167. The number of benzene rings is 1. The molecule has 0 spiro atoms. The van der Waals surface area contributed by atoms with E-state index in [1.165, 1.54) is 16.9 Å². The lowest BCUT2D eigenvalue weighted by atomic mass is 10.3. The second-order valence-electron chi connectivity index (χ2n) is 3.40. The Morgan fingerprint density at radius 3 is 2.50 bits per heavy atom.